The van der Waals surface area contributed by atoms with Crippen molar-refractivity contribution in [1.82, 2.24) is 9.58 Å². The van der Waals surface area contributed by atoms with Crippen molar-refractivity contribution in [1.29, 1.82) is 0 Å². The average molecular weight is 506 g/mol. The number of hydrogen-bond acceptors (Lipinski definition) is 7. The van der Waals surface area contributed by atoms with Crippen LogP contribution in [0.5, 0.6) is 5.75 Å². The molecule has 2 aliphatic rings. The molecule has 1 amide bonds. The minimum Gasteiger partial charge on any atom is -0.502 e. The van der Waals surface area contributed by atoms with Gasteiger partial charge in [-0.05, 0) is 36.8 Å². The second kappa shape index (κ2) is 11.2. The summed E-state index contributed by atoms with van der Waals surface area (Å²) in [7, 11) is 1.53. The number of hydrogen-bond donors (Lipinski definition) is 1. The fourth-order valence-corrected chi connectivity index (χ4v) is 4.55. The van der Waals surface area contributed by atoms with Crippen molar-refractivity contribution in [3.05, 3.63) is 63.1 Å². The number of ether oxygens (including phenoxy) is 2. The van der Waals surface area contributed by atoms with Gasteiger partial charge in [0.05, 0.1) is 18.7 Å². The Kier molecular flexibility index (Phi) is 8.00. The highest BCUT2D eigenvalue weighted by Gasteiger charge is 2.35. The molecule has 4 rings (SSSR count). The molecule has 1 fully saturated rings. The lowest BCUT2D eigenvalue weighted by Crippen LogP contribution is -2.56. The van der Waals surface area contributed by atoms with E-state index in [-0.39, 0.29) is 42.2 Å². The van der Waals surface area contributed by atoms with Crippen LogP contribution in [-0.2, 0) is 15.9 Å². The van der Waals surface area contributed by atoms with Gasteiger partial charge >= 0.3 is 0 Å². The molecule has 36 heavy (non-hydrogen) atoms. The van der Waals surface area contributed by atoms with Gasteiger partial charge in [0.1, 0.15) is 18.3 Å². The smallest absolute Gasteiger partial charge is 0.277 e. The number of methoxy groups -OCH3 is 1. The number of ketones is 1. The number of aryl methyl sites for hydroxylation is 1. The molecule has 194 valence electrons. The van der Waals surface area contributed by atoms with E-state index in [1.54, 1.807) is 9.91 Å². The number of rotatable bonds is 9. The average Bonchev–Trinajstić information content (AvgIpc) is 2.86. The molecule has 0 spiro atoms. The SMILES string of the molecule is COCCN1CN(CC2CCOCC2)C(=O)c2c(O)c(=O)c(C(=O)CCc3ccc(F)cc3F)cn21. The van der Waals surface area contributed by atoms with Crippen molar-refractivity contribution >= 4 is 11.7 Å². The van der Waals surface area contributed by atoms with Crippen LogP contribution in [0.1, 0.15) is 45.7 Å². The summed E-state index contributed by atoms with van der Waals surface area (Å²) in [4.78, 5) is 40.7. The van der Waals surface area contributed by atoms with Gasteiger partial charge in [-0.1, -0.05) is 6.07 Å². The van der Waals surface area contributed by atoms with Crippen LogP contribution in [0.4, 0.5) is 8.78 Å². The zero-order valence-corrected chi connectivity index (χ0v) is 20.0. The Labute approximate surface area is 206 Å². The third-order valence-corrected chi connectivity index (χ3v) is 6.60. The Morgan fingerprint density at radius 2 is 1.97 bits per heavy atom. The molecule has 3 heterocycles. The molecule has 1 N–H and O–H groups in total. The summed E-state index contributed by atoms with van der Waals surface area (Å²) >= 11 is 0. The highest BCUT2D eigenvalue weighted by Crippen LogP contribution is 2.25. The molecule has 0 radical (unpaired) electrons. The van der Waals surface area contributed by atoms with Crippen LogP contribution in [0.15, 0.2) is 29.2 Å². The van der Waals surface area contributed by atoms with E-state index < -0.39 is 34.5 Å². The van der Waals surface area contributed by atoms with Crippen LogP contribution in [0.25, 0.3) is 0 Å². The van der Waals surface area contributed by atoms with E-state index in [9.17, 15) is 28.3 Å². The largest absolute Gasteiger partial charge is 0.502 e. The van der Waals surface area contributed by atoms with E-state index >= 15 is 0 Å². The summed E-state index contributed by atoms with van der Waals surface area (Å²) in [5, 5.41) is 12.5. The van der Waals surface area contributed by atoms with E-state index in [2.05, 4.69) is 0 Å². The van der Waals surface area contributed by atoms with Crippen molar-refractivity contribution in [3.63, 3.8) is 0 Å². The second-order valence-corrected chi connectivity index (χ2v) is 9.02. The molecule has 0 aliphatic carbocycles. The normalized spacial score (nSPS) is 16.4. The fraction of sp³-hybridized carbons (Fsp3) is 0.480. The van der Waals surface area contributed by atoms with E-state index in [4.69, 9.17) is 9.47 Å². The van der Waals surface area contributed by atoms with Gasteiger partial charge in [0.2, 0.25) is 5.43 Å². The monoisotopic (exact) mass is 505 g/mol. The molecule has 0 saturated carbocycles. The standard InChI is InChI=1S/C25H29F2N3O6/c1-35-11-8-29-15-28(13-16-6-9-36-10-7-16)25(34)22-24(33)23(32)19(14-30(22)29)21(31)5-3-17-2-4-18(26)12-20(17)27/h2,4,12,14,16,33H,3,5-11,13,15H2,1H3. The quantitative estimate of drug-likeness (QED) is 0.521. The fourth-order valence-electron chi connectivity index (χ4n) is 4.55. The number of benzene rings is 1. The van der Waals surface area contributed by atoms with Gasteiger partial charge in [-0.3, -0.25) is 24.1 Å². The summed E-state index contributed by atoms with van der Waals surface area (Å²) in [6, 6.07) is 3.06. The van der Waals surface area contributed by atoms with Crippen LogP contribution < -0.4 is 10.4 Å². The minimum atomic E-state index is -0.959. The highest BCUT2D eigenvalue weighted by molar-refractivity contribution is 6.00. The van der Waals surface area contributed by atoms with Crippen LogP contribution in [0.3, 0.4) is 0 Å². The third kappa shape index (κ3) is 5.41. The molecular weight excluding hydrogens is 476 g/mol. The number of aromatic nitrogens is 1. The van der Waals surface area contributed by atoms with Crippen LogP contribution in [0, 0.1) is 17.6 Å². The van der Waals surface area contributed by atoms with E-state index in [0.29, 0.717) is 32.9 Å². The maximum atomic E-state index is 14.0. The predicted octanol–water partition coefficient (Wildman–Crippen LogP) is 2.07. The number of carbonyl (C=O) groups excluding carboxylic acids is 2. The number of carbonyl (C=O) groups is 2. The summed E-state index contributed by atoms with van der Waals surface area (Å²) in [6.45, 7) is 2.51. The lowest BCUT2D eigenvalue weighted by molar-refractivity contribution is 0.0409. The summed E-state index contributed by atoms with van der Waals surface area (Å²) in [5.74, 6) is -3.21. The zero-order valence-electron chi connectivity index (χ0n) is 20.0. The van der Waals surface area contributed by atoms with Crippen molar-refractivity contribution in [3.8, 4) is 5.75 Å². The van der Waals surface area contributed by atoms with Gasteiger partial charge in [-0.25, -0.2) is 8.78 Å². The number of halogens is 2. The van der Waals surface area contributed by atoms with Crippen molar-refractivity contribution < 1.29 is 33.0 Å². The van der Waals surface area contributed by atoms with E-state index in [1.807, 2.05) is 0 Å². The first-order valence-corrected chi connectivity index (χ1v) is 11.9. The Balaban J connectivity index is 1.61. The number of amides is 1. The first-order chi connectivity index (χ1) is 17.3. The van der Waals surface area contributed by atoms with Gasteiger partial charge in [-0.2, -0.15) is 0 Å². The molecule has 2 aliphatic heterocycles. The van der Waals surface area contributed by atoms with E-state index in [0.717, 1.165) is 25.0 Å². The number of nitrogens with zero attached hydrogens (tertiary/aromatic N) is 3. The molecule has 0 unspecified atom stereocenters. The Morgan fingerprint density at radius 3 is 2.67 bits per heavy atom. The Hall–Kier alpha value is -3.31. The summed E-state index contributed by atoms with van der Waals surface area (Å²) < 4.78 is 39.0. The Bertz CT molecular complexity index is 1200. The lowest BCUT2D eigenvalue weighted by atomic mass is 9.99. The maximum absolute atomic E-state index is 14.0. The molecule has 1 aromatic carbocycles. The first kappa shape index (κ1) is 25.8. The van der Waals surface area contributed by atoms with Crippen LogP contribution >= 0.6 is 0 Å². The number of Topliss-reactive ketones (excluding diaryl/α,β-unsaturated/α-hetero) is 1. The van der Waals surface area contributed by atoms with Gasteiger partial charge < -0.3 is 19.5 Å². The van der Waals surface area contributed by atoms with Crippen molar-refractivity contribution in [2.24, 2.45) is 5.92 Å². The molecule has 0 atom stereocenters. The Morgan fingerprint density at radius 1 is 1.22 bits per heavy atom. The predicted molar refractivity (Wildman–Crippen MR) is 126 cm³/mol. The van der Waals surface area contributed by atoms with Crippen LogP contribution in [0.2, 0.25) is 0 Å². The van der Waals surface area contributed by atoms with Gasteiger partial charge in [0, 0.05) is 45.6 Å². The lowest BCUT2D eigenvalue weighted by Gasteiger charge is -2.41. The summed E-state index contributed by atoms with van der Waals surface area (Å²) in [5.41, 5.74) is -1.35. The van der Waals surface area contributed by atoms with E-state index in [1.165, 1.54) is 24.0 Å². The topological polar surface area (TPSA) is 101 Å². The summed E-state index contributed by atoms with van der Waals surface area (Å²) in [6.07, 6.45) is 2.57. The first-order valence-electron chi connectivity index (χ1n) is 11.9. The van der Waals surface area contributed by atoms with Gasteiger partial charge in [0.25, 0.3) is 5.91 Å². The molecule has 1 aromatic heterocycles. The number of aromatic hydroxyl groups is 1. The molecule has 11 heteroatoms. The van der Waals surface area contributed by atoms with Crippen molar-refractivity contribution in [2.45, 2.75) is 25.7 Å². The number of pyridine rings is 1. The number of fused-ring (bicyclic) bond motifs is 1. The highest BCUT2D eigenvalue weighted by atomic mass is 19.1. The molecular formula is C25H29F2N3O6. The third-order valence-electron chi connectivity index (χ3n) is 6.60. The van der Waals surface area contributed by atoms with Gasteiger partial charge in [-0.15, -0.1) is 0 Å². The maximum Gasteiger partial charge on any atom is 0.277 e. The molecule has 9 nitrogen and oxygen atoms in total. The molecule has 2 aromatic rings. The molecule has 0 bridgehead atoms. The van der Waals surface area contributed by atoms with Gasteiger partial charge in [0.15, 0.2) is 17.2 Å². The minimum absolute atomic E-state index is 0.0574. The van der Waals surface area contributed by atoms with Crippen LogP contribution in [-0.4, -0.2) is 73.1 Å². The molecule has 1 saturated heterocycles. The zero-order chi connectivity index (χ0) is 25.8. The van der Waals surface area contributed by atoms with Crippen molar-refractivity contribution in [2.75, 3.05) is 51.7 Å². The second-order valence-electron chi connectivity index (χ2n) is 9.02.